The van der Waals surface area contributed by atoms with Crippen LogP contribution in [0.3, 0.4) is 0 Å². The van der Waals surface area contributed by atoms with Gasteiger partial charge < -0.3 is 4.90 Å². The van der Waals surface area contributed by atoms with Crippen LogP contribution >= 0.6 is 11.8 Å². The van der Waals surface area contributed by atoms with Gasteiger partial charge in [0.1, 0.15) is 0 Å². The molecule has 1 aliphatic heterocycles. The van der Waals surface area contributed by atoms with Crippen LogP contribution in [0.5, 0.6) is 0 Å². The van der Waals surface area contributed by atoms with Crippen molar-refractivity contribution in [2.45, 2.75) is 19.3 Å². The second-order valence-corrected chi connectivity index (χ2v) is 4.83. The monoisotopic (exact) mass is 209 g/mol. The van der Waals surface area contributed by atoms with Gasteiger partial charge in [-0.2, -0.15) is 5.26 Å². The summed E-state index contributed by atoms with van der Waals surface area (Å²) >= 11 is 1.58. The van der Waals surface area contributed by atoms with Gasteiger partial charge in [0, 0.05) is 13.1 Å². The molecule has 3 nitrogen and oxygen atoms in total. The molecule has 1 aliphatic carbocycles. The Bertz CT molecular complexity index is 270. The lowest BCUT2D eigenvalue weighted by Gasteiger charge is -2.18. The summed E-state index contributed by atoms with van der Waals surface area (Å²) in [6, 6.07) is 0. The second kappa shape index (κ2) is 4.22. The summed E-state index contributed by atoms with van der Waals surface area (Å²) in [6.45, 7) is 2.23. The zero-order chi connectivity index (χ0) is 9.97. The number of nitrogens with zero attached hydrogens (tertiary/aromatic N) is 3. The molecule has 2 atom stereocenters. The number of amidine groups is 1. The summed E-state index contributed by atoms with van der Waals surface area (Å²) in [5.74, 6) is 1.73. The van der Waals surface area contributed by atoms with Crippen molar-refractivity contribution in [2.75, 3.05) is 19.3 Å². The number of hydrogen-bond donors (Lipinski definition) is 0. The first-order valence-electron chi connectivity index (χ1n) is 5.11. The lowest BCUT2D eigenvalue weighted by atomic mass is 10.0. The van der Waals surface area contributed by atoms with Crippen molar-refractivity contribution in [1.29, 1.82) is 5.26 Å². The van der Waals surface area contributed by atoms with Gasteiger partial charge in [-0.15, -0.1) is 4.99 Å². The molecule has 0 aromatic carbocycles. The molecule has 2 aliphatic rings. The third kappa shape index (κ3) is 1.74. The van der Waals surface area contributed by atoms with Gasteiger partial charge in [-0.1, -0.05) is 18.2 Å². The van der Waals surface area contributed by atoms with E-state index >= 15 is 0 Å². The minimum Gasteiger partial charge on any atom is -0.350 e. The van der Waals surface area contributed by atoms with E-state index in [1.165, 1.54) is 19.3 Å². The molecular weight excluding hydrogens is 194 g/mol. The fourth-order valence-corrected chi connectivity index (χ4v) is 3.22. The topological polar surface area (TPSA) is 39.4 Å². The van der Waals surface area contributed by atoms with Crippen LogP contribution in [0.15, 0.2) is 4.99 Å². The number of hydrogen-bond acceptors (Lipinski definition) is 3. The molecule has 1 saturated carbocycles. The van der Waals surface area contributed by atoms with Gasteiger partial charge in [0.05, 0.1) is 0 Å². The number of aliphatic imine (C=N–C) groups is 1. The van der Waals surface area contributed by atoms with Crippen LogP contribution in [0.2, 0.25) is 0 Å². The maximum absolute atomic E-state index is 8.55. The Morgan fingerprint density at radius 3 is 2.57 bits per heavy atom. The number of rotatable bonds is 0. The Morgan fingerprint density at radius 1 is 1.43 bits per heavy atom. The zero-order valence-electron chi connectivity index (χ0n) is 8.44. The molecule has 0 aromatic rings. The van der Waals surface area contributed by atoms with E-state index in [1.807, 2.05) is 12.4 Å². The predicted molar refractivity (Wildman–Crippen MR) is 59.0 cm³/mol. The lowest BCUT2D eigenvalue weighted by molar-refractivity contribution is 0.473. The van der Waals surface area contributed by atoms with Crippen molar-refractivity contribution in [1.82, 2.24) is 4.90 Å². The lowest BCUT2D eigenvalue weighted by Crippen LogP contribution is -2.26. The highest BCUT2D eigenvalue weighted by atomic mass is 32.2. The van der Waals surface area contributed by atoms with Gasteiger partial charge in [0.25, 0.3) is 0 Å². The fourth-order valence-electron chi connectivity index (χ4n) is 2.68. The summed E-state index contributed by atoms with van der Waals surface area (Å²) in [7, 11) is 0. The van der Waals surface area contributed by atoms with E-state index in [0.29, 0.717) is 0 Å². The number of fused-ring (bicyclic) bond motifs is 1. The third-order valence-corrected chi connectivity index (χ3v) is 4.04. The van der Waals surface area contributed by atoms with Crippen molar-refractivity contribution in [3.05, 3.63) is 0 Å². The van der Waals surface area contributed by atoms with Gasteiger partial charge in [0.15, 0.2) is 5.17 Å². The van der Waals surface area contributed by atoms with Crippen LogP contribution in [0.1, 0.15) is 19.3 Å². The fraction of sp³-hybridized carbons (Fsp3) is 0.800. The van der Waals surface area contributed by atoms with E-state index < -0.39 is 0 Å². The van der Waals surface area contributed by atoms with Gasteiger partial charge >= 0.3 is 0 Å². The molecule has 0 bridgehead atoms. The maximum Gasteiger partial charge on any atom is 0.208 e. The van der Waals surface area contributed by atoms with E-state index in [2.05, 4.69) is 9.89 Å². The molecule has 2 unspecified atom stereocenters. The van der Waals surface area contributed by atoms with E-state index in [-0.39, 0.29) is 0 Å². The maximum atomic E-state index is 8.55. The highest BCUT2D eigenvalue weighted by Gasteiger charge is 2.37. The van der Waals surface area contributed by atoms with Crippen LogP contribution in [0.25, 0.3) is 0 Å². The minimum atomic E-state index is 0.867. The van der Waals surface area contributed by atoms with Crippen molar-refractivity contribution in [3.8, 4) is 6.19 Å². The molecule has 0 aromatic heterocycles. The standard InChI is InChI=1S/C10H15N3S/c1-14-10(12-7-11)13-5-8-3-2-4-9(8)6-13/h8-9H,2-6H2,1H3. The molecule has 76 valence electrons. The number of nitriles is 1. The minimum absolute atomic E-state index is 0.867. The molecular formula is C10H15N3S. The number of thioether (sulfide) groups is 1. The van der Waals surface area contributed by atoms with Gasteiger partial charge in [0.2, 0.25) is 6.19 Å². The van der Waals surface area contributed by atoms with Crippen LogP contribution in [-0.4, -0.2) is 29.4 Å². The van der Waals surface area contributed by atoms with E-state index in [1.54, 1.807) is 11.8 Å². The molecule has 1 heterocycles. The Morgan fingerprint density at radius 2 is 2.07 bits per heavy atom. The first-order chi connectivity index (χ1) is 6.85. The molecule has 0 spiro atoms. The van der Waals surface area contributed by atoms with Crippen LogP contribution in [0.4, 0.5) is 0 Å². The highest BCUT2D eigenvalue weighted by Crippen LogP contribution is 2.38. The van der Waals surface area contributed by atoms with Gasteiger partial charge in [-0.05, 0) is 30.9 Å². The zero-order valence-corrected chi connectivity index (χ0v) is 9.26. The van der Waals surface area contributed by atoms with Crippen molar-refractivity contribution in [3.63, 3.8) is 0 Å². The summed E-state index contributed by atoms with van der Waals surface area (Å²) < 4.78 is 0. The molecule has 14 heavy (non-hydrogen) atoms. The van der Waals surface area contributed by atoms with Crippen LogP contribution in [-0.2, 0) is 0 Å². The predicted octanol–water partition coefficient (Wildman–Crippen LogP) is 1.92. The average molecular weight is 209 g/mol. The highest BCUT2D eigenvalue weighted by molar-refractivity contribution is 8.13. The summed E-state index contributed by atoms with van der Waals surface area (Å²) in [5, 5.41) is 9.46. The van der Waals surface area contributed by atoms with Crippen LogP contribution in [0, 0.1) is 23.3 Å². The first kappa shape index (κ1) is 9.85. The molecule has 1 saturated heterocycles. The van der Waals surface area contributed by atoms with Gasteiger partial charge in [-0.25, -0.2) is 0 Å². The van der Waals surface area contributed by atoms with Crippen molar-refractivity contribution in [2.24, 2.45) is 16.8 Å². The smallest absolute Gasteiger partial charge is 0.208 e. The first-order valence-corrected chi connectivity index (χ1v) is 6.33. The van der Waals surface area contributed by atoms with Gasteiger partial charge in [-0.3, -0.25) is 0 Å². The largest absolute Gasteiger partial charge is 0.350 e. The Kier molecular flexibility index (Phi) is 2.97. The second-order valence-electron chi connectivity index (χ2n) is 4.05. The van der Waals surface area contributed by atoms with E-state index in [4.69, 9.17) is 5.26 Å². The summed E-state index contributed by atoms with van der Waals surface area (Å²) in [6.07, 6.45) is 8.01. The molecule has 2 rings (SSSR count). The normalized spacial score (nSPS) is 31.7. The summed E-state index contributed by atoms with van der Waals surface area (Å²) in [5.41, 5.74) is 0. The molecule has 0 radical (unpaired) electrons. The molecule has 0 amide bonds. The van der Waals surface area contributed by atoms with Crippen molar-refractivity contribution < 1.29 is 0 Å². The Hall–Kier alpha value is -0.690. The third-order valence-electron chi connectivity index (χ3n) is 3.33. The number of likely N-dealkylation sites (tertiary alicyclic amines) is 1. The Labute approximate surface area is 89.2 Å². The molecule has 2 fully saturated rings. The average Bonchev–Trinajstić information content (AvgIpc) is 2.73. The van der Waals surface area contributed by atoms with E-state index in [9.17, 15) is 0 Å². The van der Waals surface area contributed by atoms with Crippen molar-refractivity contribution >= 4 is 16.9 Å². The molecule has 0 N–H and O–H groups in total. The SMILES string of the molecule is CSC(=NC#N)N1CC2CCCC2C1. The van der Waals surface area contributed by atoms with E-state index in [0.717, 1.165) is 30.1 Å². The molecule has 4 heteroatoms. The quantitative estimate of drug-likeness (QED) is 0.347. The Balaban J connectivity index is 2.01. The van der Waals surface area contributed by atoms with Crippen LogP contribution < -0.4 is 0 Å². The summed E-state index contributed by atoms with van der Waals surface area (Å²) in [4.78, 5) is 6.14.